The zero-order valence-corrected chi connectivity index (χ0v) is 17.7. The second-order valence-electron chi connectivity index (χ2n) is 7.29. The smallest absolute Gasteiger partial charge is 0.192 e. The van der Waals surface area contributed by atoms with E-state index in [1.54, 1.807) is 11.8 Å². The number of aromatic nitrogens is 4. The van der Waals surface area contributed by atoms with Crippen molar-refractivity contribution in [2.45, 2.75) is 21.3 Å². The van der Waals surface area contributed by atoms with Crippen molar-refractivity contribution >= 4 is 34.4 Å². The van der Waals surface area contributed by atoms with Gasteiger partial charge in [0.1, 0.15) is 5.69 Å². The number of benzene rings is 3. The number of hydrogen-bond acceptors (Lipinski definition) is 5. The van der Waals surface area contributed by atoms with Crippen LogP contribution in [-0.2, 0) is 0 Å². The van der Waals surface area contributed by atoms with Crippen LogP contribution in [0.2, 0.25) is 0 Å². The lowest BCUT2D eigenvalue weighted by molar-refractivity contribution is 0.494. The molecule has 0 bridgehead atoms. The standard InChI is InChI=1S/C24H18N4S2/c1-3-9-16(10-4-1)22-20(30-17-11-5-2-6-12-17)15-29-24-27-26-21-18-13-7-8-14-19(18)25-23(21)28(22)24/h1-14,20,22H,15H2/t20-,22-/m1/s1. The summed E-state index contributed by atoms with van der Waals surface area (Å²) in [7, 11) is 0. The molecule has 0 N–H and O–H groups in total. The highest BCUT2D eigenvalue weighted by Crippen LogP contribution is 2.45. The Bertz CT molecular complexity index is 1290. The van der Waals surface area contributed by atoms with Gasteiger partial charge in [-0.25, -0.2) is 4.98 Å². The second kappa shape index (κ2) is 7.45. The lowest BCUT2D eigenvalue weighted by Gasteiger charge is -2.35. The molecule has 0 saturated carbocycles. The van der Waals surface area contributed by atoms with Gasteiger partial charge in [-0.1, -0.05) is 78.5 Å². The van der Waals surface area contributed by atoms with E-state index >= 15 is 0 Å². The highest BCUT2D eigenvalue weighted by Gasteiger charge is 2.36. The van der Waals surface area contributed by atoms with Crippen LogP contribution in [0.5, 0.6) is 0 Å². The Morgan fingerprint density at radius 1 is 0.833 bits per heavy atom. The summed E-state index contributed by atoms with van der Waals surface area (Å²) in [5, 5.41) is 11.5. The maximum atomic E-state index is 4.98. The maximum Gasteiger partial charge on any atom is 0.192 e. The first kappa shape index (κ1) is 18.0. The Morgan fingerprint density at radius 3 is 2.40 bits per heavy atom. The molecule has 3 aliphatic rings. The highest BCUT2D eigenvalue weighted by molar-refractivity contribution is 8.03. The molecule has 0 aromatic heterocycles. The van der Waals surface area contributed by atoms with Crippen LogP contribution < -0.4 is 0 Å². The minimum Gasteiger partial charge on any atom is -0.293 e. The van der Waals surface area contributed by atoms with Gasteiger partial charge >= 0.3 is 0 Å². The number of para-hydroxylation sites is 1. The first-order valence-corrected chi connectivity index (χ1v) is 11.8. The average Bonchev–Trinajstić information content (AvgIpc) is 3.19. The van der Waals surface area contributed by atoms with Gasteiger partial charge < -0.3 is 0 Å². The molecule has 3 aliphatic heterocycles. The summed E-state index contributed by atoms with van der Waals surface area (Å²) in [4.78, 5) is 6.27. The largest absolute Gasteiger partial charge is 0.293 e. The number of thioether (sulfide) groups is 2. The van der Waals surface area contributed by atoms with E-state index in [2.05, 4.69) is 81.5 Å². The zero-order valence-electron chi connectivity index (χ0n) is 16.1. The van der Waals surface area contributed by atoms with Crippen LogP contribution in [0.15, 0.2) is 95.0 Å². The molecular weight excluding hydrogens is 408 g/mol. The van der Waals surface area contributed by atoms with E-state index in [4.69, 9.17) is 4.98 Å². The molecule has 30 heavy (non-hydrogen) atoms. The van der Waals surface area contributed by atoms with Crippen LogP contribution in [0.3, 0.4) is 0 Å². The van der Waals surface area contributed by atoms with Crippen molar-refractivity contribution in [2.75, 3.05) is 5.75 Å². The van der Waals surface area contributed by atoms with Crippen molar-refractivity contribution in [3.8, 4) is 11.5 Å². The summed E-state index contributed by atoms with van der Waals surface area (Å²) in [6.45, 7) is 0. The van der Waals surface area contributed by atoms with E-state index in [0.29, 0.717) is 5.25 Å². The van der Waals surface area contributed by atoms with Crippen molar-refractivity contribution in [3.63, 3.8) is 0 Å². The molecule has 146 valence electrons. The van der Waals surface area contributed by atoms with Gasteiger partial charge in [0.15, 0.2) is 11.0 Å². The molecule has 0 aliphatic carbocycles. The lowest BCUT2D eigenvalue weighted by Crippen LogP contribution is -2.32. The fourth-order valence-corrected chi connectivity index (χ4v) is 6.59. The van der Waals surface area contributed by atoms with E-state index in [-0.39, 0.29) is 6.04 Å². The van der Waals surface area contributed by atoms with Gasteiger partial charge in [0.25, 0.3) is 0 Å². The molecule has 6 heteroatoms. The Morgan fingerprint density at radius 2 is 1.57 bits per heavy atom. The summed E-state index contributed by atoms with van der Waals surface area (Å²) < 4.78 is 2.31. The number of hydrogen-bond donors (Lipinski definition) is 0. The van der Waals surface area contributed by atoms with Crippen molar-refractivity contribution < 1.29 is 0 Å². The second-order valence-corrected chi connectivity index (χ2v) is 9.59. The van der Waals surface area contributed by atoms with Crippen LogP contribution >= 0.6 is 23.5 Å². The summed E-state index contributed by atoms with van der Waals surface area (Å²) in [5.74, 6) is 1.89. The average molecular weight is 427 g/mol. The Hall–Kier alpha value is -2.83. The van der Waals surface area contributed by atoms with Gasteiger partial charge in [-0.15, -0.1) is 22.0 Å². The van der Waals surface area contributed by atoms with Crippen molar-refractivity contribution in [1.82, 2.24) is 19.7 Å². The van der Waals surface area contributed by atoms with Crippen molar-refractivity contribution in [2.24, 2.45) is 0 Å². The summed E-state index contributed by atoms with van der Waals surface area (Å²) >= 11 is 3.70. The quantitative estimate of drug-likeness (QED) is 0.365. The molecule has 0 saturated heterocycles. The first-order chi connectivity index (χ1) is 14.9. The molecule has 6 rings (SSSR count). The molecule has 3 heterocycles. The van der Waals surface area contributed by atoms with Gasteiger partial charge in [0.05, 0.1) is 11.6 Å². The minimum absolute atomic E-state index is 0.134. The number of rotatable bonds is 3. The van der Waals surface area contributed by atoms with Gasteiger partial charge in [-0.3, -0.25) is 4.57 Å². The van der Waals surface area contributed by atoms with E-state index in [1.807, 2.05) is 30.0 Å². The third kappa shape index (κ3) is 2.99. The predicted molar refractivity (Wildman–Crippen MR) is 123 cm³/mol. The molecule has 0 spiro atoms. The molecule has 3 aromatic rings. The normalized spacial score (nSPS) is 18.5. The zero-order chi connectivity index (χ0) is 19.9. The molecule has 0 amide bonds. The molecule has 3 aromatic carbocycles. The van der Waals surface area contributed by atoms with Gasteiger partial charge in [-0.05, 0) is 23.8 Å². The monoisotopic (exact) mass is 426 g/mol. The Kier molecular flexibility index (Phi) is 4.47. The number of fused-ring (bicyclic) bond motifs is 5. The lowest BCUT2D eigenvalue weighted by atomic mass is 10.0. The van der Waals surface area contributed by atoms with E-state index < -0.39 is 0 Å². The highest BCUT2D eigenvalue weighted by atomic mass is 32.2. The first-order valence-electron chi connectivity index (χ1n) is 9.91. The molecule has 0 radical (unpaired) electrons. The van der Waals surface area contributed by atoms with Crippen LogP contribution in [0, 0.1) is 0 Å². The SMILES string of the molecule is c1ccc(S[C@@H]2CSc3nnc4c5ccccc5nc-4n3[C@@H]2c2ccccc2)cc1. The molecule has 4 nitrogen and oxygen atoms in total. The van der Waals surface area contributed by atoms with Crippen LogP contribution in [0.4, 0.5) is 0 Å². The Balaban J connectivity index is 1.55. The molecular formula is C24H18N4S2. The summed E-state index contributed by atoms with van der Waals surface area (Å²) in [6, 6.07) is 29.7. The fourth-order valence-electron chi connectivity index (χ4n) is 4.11. The van der Waals surface area contributed by atoms with Gasteiger partial charge in [-0.2, -0.15) is 0 Å². The van der Waals surface area contributed by atoms with Crippen molar-refractivity contribution in [3.05, 3.63) is 90.5 Å². The molecule has 0 fully saturated rings. The summed E-state index contributed by atoms with van der Waals surface area (Å²) in [6.07, 6.45) is 0. The molecule has 0 unspecified atom stereocenters. The predicted octanol–water partition coefficient (Wildman–Crippen LogP) is 5.79. The van der Waals surface area contributed by atoms with E-state index in [1.165, 1.54) is 10.5 Å². The van der Waals surface area contributed by atoms with Gasteiger partial charge in [0, 0.05) is 21.3 Å². The third-order valence-corrected chi connectivity index (χ3v) is 7.99. The maximum absolute atomic E-state index is 4.98. The van der Waals surface area contributed by atoms with Crippen molar-refractivity contribution in [1.29, 1.82) is 0 Å². The van der Waals surface area contributed by atoms with Crippen LogP contribution in [0.1, 0.15) is 11.6 Å². The number of nitrogens with zero attached hydrogens (tertiary/aromatic N) is 4. The van der Waals surface area contributed by atoms with Crippen LogP contribution in [0.25, 0.3) is 22.4 Å². The fraction of sp³-hybridized carbons (Fsp3) is 0.125. The van der Waals surface area contributed by atoms with E-state index in [9.17, 15) is 0 Å². The minimum atomic E-state index is 0.134. The van der Waals surface area contributed by atoms with E-state index in [0.717, 1.165) is 33.3 Å². The Labute approximate surface area is 183 Å². The van der Waals surface area contributed by atoms with Gasteiger partial charge in [0.2, 0.25) is 0 Å². The summed E-state index contributed by atoms with van der Waals surface area (Å²) in [5.41, 5.74) is 3.12. The molecule has 2 atom stereocenters. The van der Waals surface area contributed by atoms with Crippen LogP contribution in [-0.4, -0.2) is 30.8 Å². The third-order valence-electron chi connectivity index (χ3n) is 5.45. The topological polar surface area (TPSA) is 43.6 Å².